The van der Waals surface area contributed by atoms with Gasteiger partial charge in [0.25, 0.3) is 0 Å². The van der Waals surface area contributed by atoms with Gasteiger partial charge in [-0.2, -0.15) is 4.68 Å². The number of hydrogen-bond donors (Lipinski definition) is 1. The van der Waals surface area contributed by atoms with Crippen molar-refractivity contribution in [1.82, 2.24) is 20.2 Å². The number of aromatic nitrogens is 4. The molecule has 1 aromatic heterocycles. The highest BCUT2D eigenvalue weighted by Crippen LogP contribution is 2.25. The first kappa shape index (κ1) is 18.8. The molecule has 3 rings (SSSR count). The van der Waals surface area contributed by atoms with Crippen molar-refractivity contribution in [2.75, 3.05) is 11.9 Å². The van der Waals surface area contributed by atoms with E-state index in [1.165, 1.54) is 28.6 Å². The first-order valence-corrected chi connectivity index (χ1v) is 9.20. The van der Waals surface area contributed by atoms with Crippen molar-refractivity contribution < 1.29 is 13.9 Å². The molecule has 7 nitrogen and oxygen atoms in total. The van der Waals surface area contributed by atoms with Gasteiger partial charge >= 0.3 is 0 Å². The van der Waals surface area contributed by atoms with Crippen LogP contribution in [-0.2, 0) is 4.79 Å². The maximum atomic E-state index is 13.7. The maximum Gasteiger partial charge on any atom is 0.237 e. The SMILES string of the molecule is CCOc1ccc(-n2nnnc2SC(C)C(=O)Nc2ccccc2F)cc1. The summed E-state index contributed by atoms with van der Waals surface area (Å²) in [5.74, 6) is -0.0743. The Labute approximate surface area is 159 Å². The summed E-state index contributed by atoms with van der Waals surface area (Å²) >= 11 is 1.18. The number of ether oxygens (including phenoxy) is 1. The van der Waals surface area contributed by atoms with E-state index in [0.717, 1.165) is 11.4 Å². The fourth-order valence-corrected chi connectivity index (χ4v) is 3.08. The summed E-state index contributed by atoms with van der Waals surface area (Å²) in [6.45, 7) is 4.20. The van der Waals surface area contributed by atoms with E-state index < -0.39 is 11.1 Å². The zero-order chi connectivity index (χ0) is 19.2. The molecule has 0 spiro atoms. The number of tetrazole rings is 1. The topological polar surface area (TPSA) is 81.9 Å². The Balaban J connectivity index is 1.70. The molecule has 1 amide bonds. The van der Waals surface area contributed by atoms with E-state index in [4.69, 9.17) is 4.74 Å². The third kappa shape index (κ3) is 4.62. The highest BCUT2D eigenvalue weighted by Gasteiger charge is 2.20. The third-order valence-electron chi connectivity index (χ3n) is 3.62. The number of amides is 1. The minimum Gasteiger partial charge on any atom is -0.494 e. The first-order valence-electron chi connectivity index (χ1n) is 8.32. The van der Waals surface area contributed by atoms with Crippen LogP contribution in [0.25, 0.3) is 5.69 Å². The summed E-state index contributed by atoms with van der Waals surface area (Å²) in [6, 6.07) is 13.3. The number of carbonyl (C=O) groups excluding carboxylic acids is 1. The fraction of sp³-hybridized carbons (Fsp3) is 0.222. The predicted octanol–water partition coefficient (Wildman–Crippen LogP) is 3.32. The second kappa shape index (κ2) is 8.63. The number of para-hydroxylation sites is 1. The van der Waals surface area contributed by atoms with Crippen molar-refractivity contribution in [3.8, 4) is 11.4 Å². The Morgan fingerprint density at radius 2 is 2.00 bits per heavy atom. The van der Waals surface area contributed by atoms with Crippen LogP contribution in [-0.4, -0.2) is 38.0 Å². The highest BCUT2D eigenvalue weighted by molar-refractivity contribution is 8.00. The van der Waals surface area contributed by atoms with Crippen LogP contribution < -0.4 is 10.1 Å². The molecule has 0 aliphatic rings. The summed E-state index contributed by atoms with van der Waals surface area (Å²) in [5, 5.41) is 14.1. The zero-order valence-electron chi connectivity index (χ0n) is 14.8. The van der Waals surface area contributed by atoms with Crippen LogP contribution in [0.3, 0.4) is 0 Å². The van der Waals surface area contributed by atoms with Crippen LogP contribution in [0.1, 0.15) is 13.8 Å². The lowest BCUT2D eigenvalue weighted by Crippen LogP contribution is -2.23. The molecule has 0 saturated carbocycles. The third-order valence-corrected chi connectivity index (χ3v) is 4.65. The molecule has 1 heterocycles. The average molecular weight is 387 g/mol. The van der Waals surface area contributed by atoms with E-state index in [1.54, 1.807) is 19.1 Å². The number of thioether (sulfide) groups is 1. The molecule has 1 unspecified atom stereocenters. The number of carbonyl (C=O) groups is 1. The van der Waals surface area contributed by atoms with E-state index >= 15 is 0 Å². The molecule has 140 valence electrons. The molecule has 9 heteroatoms. The van der Waals surface area contributed by atoms with Crippen molar-refractivity contribution in [3.63, 3.8) is 0 Å². The van der Waals surface area contributed by atoms with Gasteiger partial charge in [0.05, 0.1) is 23.2 Å². The Kier molecular flexibility index (Phi) is 6.02. The van der Waals surface area contributed by atoms with Crippen LogP contribution in [0.4, 0.5) is 10.1 Å². The van der Waals surface area contributed by atoms with Crippen molar-refractivity contribution in [2.45, 2.75) is 24.3 Å². The zero-order valence-corrected chi connectivity index (χ0v) is 15.6. The number of hydrogen-bond acceptors (Lipinski definition) is 6. The average Bonchev–Trinajstić information content (AvgIpc) is 3.12. The quantitative estimate of drug-likeness (QED) is 0.627. The molecule has 3 aromatic rings. The highest BCUT2D eigenvalue weighted by atomic mass is 32.2. The molecule has 0 radical (unpaired) electrons. The van der Waals surface area contributed by atoms with Gasteiger partial charge in [-0.05, 0) is 60.7 Å². The number of halogens is 1. The van der Waals surface area contributed by atoms with Gasteiger partial charge in [0.2, 0.25) is 11.1 Å². The molecule has 0 fully saturated rings. The summed E-state index contributed by atoms with van der Waals surface area (Å²) < 4.78 is 20.7. The number of nitrogens with one attached hydrogen (secondary N) is 1. The van der Waals surface area contributed by atoms with Crippen molar-refractivity contribution >= 4 is 23.4 Å². The maximum absolute atomic E-state index is 13.7. The van der Waals surface area contributed by atoms with Crippen LogP contribution in [0.5, 0.6) is 5.75 Å². The molecular formula is C18H18FN5O2S. The van der Waals surface area contributed by atoms with Crippen LogP contribution in [0, 0.1) is 5.82 Å². The van der Waals surface area contributed by atoms with Gasteiger partial charge in [-0.3, -0.25) is 4.79 Å². The fourth-order valence-electron chi connectivity index (χ4n) is 2.27. The predicted molar refractivity (Wildman–Crippen MR) is 101 cm³/mol. The first-order chi connectivity index (χ1) is 13.1. The molecule has 1 atom stereocenters. The molecule has 0 saturated heterocycles. The van der Waals surface area contributed by atoms with Crippen molar-refractivity contribution in [3.05, 3.63) is 54.3 Å². The molecule has 27 heavy (non-hydrogen) atoms. The Bertz CT molecular complexity index is 916. The lowest BCUT2D eigenvalue weighted by atomic mass is 10.3. The van der Waals surface area contributed by atoms with E-state index in [9.17, 15) is 9.18 Å². The van der Waals surface area contributed by atoms with Gasteiger partial charge in [0, 0.05) is 0 Å². The Hall–Kier alpha value is -2.94. The monoisotopic (exact) mass is 387 g/mol. The Morgan fingerprint density at radius 3 is 2.70 bits per heavy atom. The summed E-state index contributed by atoms with van der Waals surface area (Å²) in [4.78, 5) is 12.4. The lowest BCUT2D eigenvalue weighted by Gasteiger charge is -2.12. The molecule has 2 aromatic carbocycles. The molecular weight excluding hydrogens is 369 g/mol. The van der Waals surface area contributed by atoms with Crippen LogP contribution in [0.2, 0.25) is 0 Å². The molecule has 0 aliphatic carbocycles. The minimum atomic E-state index is -0.531. The second-order valence-electron chi connectivity index (χ2n) is 5.53. The van der Waals surface area contributed by atoms with E-state index in [-0.39, 0.29) is 11.6 Å². The van der Waals surface area contributed by atoms with E-state index in [0.29, 0.717) is 11.8 Å². The largest absolute Gasteiger partial charge is 0.494 e. The normalized spacial score (nSPS) is 11.8. The number of rotatable bonds is 7. The van der Waals surface area contributed by atoms with Gasteiger partial charge in [-0.1, -0.05) is 23.9 Å². The number of anilines is 1. The summed E-state index contributed by atoms with van der Waals surface area (Å²) in [7, 11) is 0. The molecule has 0 bridgehead atoms. The molecule has 1 N–H and O–H groups in total. The minimum absolute atomic E-state index is 0.140. The lowest BCUT2D eigenvalue weighted by molar-refractivity contribution is -0.115. The van der Waals surface area contributed by atoms with Gasteiger partial charge < -0.3 is 10.1 Å². The Morgan fingerprint density at radius 1 is 1.26 bits per heavy atom. The summed E-state index contributed by atoms with van der Waals surface area (Å²) in [6.07, 6.45) is 0. The van der Waals surface area contributed by atoms with Crippen LogP contribution >= 0.6 is 11.8 Å². The van der Waals surface area contributed by atoms with E-state index in [2.05, 4.69) is 20.8 Å². The van der Waals surface area contributed by atoms with Gasteiger partial charge in [0.1, 0.15) is 11.6 Å². The van der Waals surface area contributed by atoms with Crippen molar-refractivity contribution in [2.24, 2.45) is 0 Å². The van der Waals surface area contributed by atoms with Gasteiger partial charge in [-0.15, -0.1) is 5.10 Å². The smallest absolute Gasteiger partial charge is 0.237 e. The number of benzene rings is 2. The van der Waals surface area contributed by atoms with Crippen LogP contribution in [0.15, 0.2) is 53.7 Å². The second-order valence-corrected chi connectivity index (χ2v) is 6.84. The van der Waals surface area contributed by atoms with Gasteiger partial charge in [0.15, 0.2) is 0 Å². The summed E-state index contributed by atoms with van der Waals surface area (Å²) in [5.41, 5.74) is 0.883. The number of nitrogens with zero attached hydrogens (tertiary/aromatic N) is 4. The molecule has 0 aliphatic heterocycles. The van der Waals surface area contributed by atoms with Crippen molar-refractivity contribution in [1.29, 1.82) is 0 Å². The van der Waals surface area contributed by atoms with Gasteiger partial charge in [-0.25, -0.2) is 4.39 Å². The van der Waals surface area contributed by atoms with E-state index in [1.807, 2.05) is 31.2 Å². The standard InChI is InChI=1S/C18H18FN5O2S/c1-3-26-14-10-8-13(9-11-14)24-18(21-22-23-24)27-12(2)17(25)20-16-7-5-4-6-15(16)19/h4-12H,3H2,1-2H3,(H,20,25).